The van der Waals surface area contributed by atoms with E-state index in [-0.39, 0.29) is 0 Å². The molecule has 1 aliphatic rings. The summed E-state index contributed by atoms with van der Waals surface area (Å²) in [5.74, 6) is -2.66. The molecule has 1 N–H and O–H groups in total. The number of anilines is 1. The highest BCUT2D eigenvalue weighted by atomic mass is 32.2. The van der Waals surface area contributed by atoms with Crippen molar-refractivity contribution in [3.8, 4) is 6.07 Å². The van der Waals surface area contributed by atoms with Crippen LogP contribution in [0.15, 0.2) is 69.6 Å². The molecule has 2 aromatic carbocycles. The third kappa shape index (κ3) is 4.66. The molecule has 0 fully saturated rings. The molecular weight excluding hydrogens is 392 g/mol. The fourth-order valence-corrected chi connectivity index (χ4v) is 3.85. The first kappa shape index (κ1) is 20.6. The van der Waals surface area contributed by atoms with E-state index in [4.69, 9.17) is 0 Å². The van der Waals surface area contributed by atoms with Gasteiger partial charge >= 0.3 is 0 Å². The molecule has 0 saturated carbocycles. The zero-order chi connectivity index (χ0) is 21.0. The van der Waals surface area contributed by atoms with Crippen molar-refractivity contribution in [2.75, 3.05) is 18.9 Å². The number of rotatable bonds is 5. The van der Waals surface area contributed by atoms with Gasteiger partial charge in [0.1, 0.15) is 17.2 Å². The summed E-state index contributed by atoms with van der Waals surface area (Å²) in [6.45, 7) is 2.74. The number of carbonyl (C=O) groups excluding carboxylic acids is 1. The van der Waals surface area contributed by atoms with E-state index in [1.807, 2.05) is 20.0 Å². The van der Waals surface area contributed by atoms with Gasteiger partial charge < -0.3 is 10.2 Å². The van der Waals surface area contributed by atoms with Crippen LogP contribution in [0.25, 0.3) is 0 Å². The predicted molar refractivity (Wildman–Crippen MR) is 110 cm³/mol. The summed E-state index contributed by atoms with van der Waals surface area (Å²) in [7, 11) is 1.97. The van der Waals surface area contributed by atoms with Crippen molar-refractivity contribution in [2.45, 2.75) is 18.2 Å². The Morgan fingerprint density at radius 3 is 2.45 bits per heavy atom. The highest BCUT2D eigenvalue weighted by Gasteiger charge is 2.19. The topological polar surface area (TPSA) is 56.1 Å². The normalized spacial score (nSPS) is 13.8. The summed E-state index contributed by atoms with van der Waals surface area (Å²) < 4.78 is 27.5. The molecule has 1 amide bonds. The number of likely N-dealkylation sites (N-methyl/N-ethyl adjacent to an activating group) is 1. The van der Waals surface area contributed by atoms with E-state index in [1.165, 1.54) is 17.8 Å². The number of hydrogen-bond donors (Lipinski definition) is 1. The van der Waals surface area contributed by atoms with E-state index >= 15 is 0 Å². The van der Waals surface area contributed by atoms with E-state index in [9.17, 15) is 18.8 Å². The lowest BCUT2D eigenvalue weighted by Crippen LogP contribution is -2.23. The van der Waals surface area contributed by atoms with Crippen LogP contribution in [-0.2, 0) is 0 Å². The Morgan fingerprint density at radius 1 is 1.21 bits per heavy atom. The minimum Gasteiger partial charge on any atom is -0.365 e. The van der Waals surface area contributed by atoms with Crippen LogP contribution in [0.2, 0.25) is 0 Å². The van der Waals surface area contributed by atoms with E-state index in [0.29, 0.717) is 17.8 Å². The van der Waals surface area contributed by atoms with Gasteiger partial charge in [0.25, 0.3) is 5.91 Å². The SMILES string of the molecule is CCC1=C(C#N)C=C(Sc2ccc(NC(=O)c3c(F)cccc3F)cc2)N(C)C1. The first-order valence-corrected chi connectivity index (χ1v) is 9.82. The number of allylic oxidation sites excluding steroid dienone is 2. The number of amides is 1. The van der Waals surface area contributed by atoms with Crippen molar-refractivity contribution < 1.29 is 13.6 Å². The van der Waals surface area contributed by atoms with Crippen molar-refractivity contribution >= 4 is 23.4 Å². The van der Waals surface area contributed by atoms with Crippen molar-refractivity contribution in [3.63, 3.8) is 0 Å². The second-order valence-electron chi connectivity index (χ2n) is 6.50. The Labute approximate surface area is 172 Å². The number of nitrogens with zero attached hydrogens (tertiary/aromatic N) is 2. The number of nitrogens with one attached hydrogen (secondary N) is 1. The molecule has 0 spiro atoms. The maximum atomic E-state index is 13.7. The Hall–Kier alpha value is -3.11. The van der Waals surface area contributed by atoms with Crippen molar-refractivity contribution in [2.24, 2.45) is 0 Å². The number of benzene rings is 2. The lowest BCUT2D eigenvalue weighted by atomic mass is 10.0. The molecule has 0 bridgehead atoms. The van der Waals surface area contributed by atoms with E-state index in [1.54, 1.807) is 24.3 Å². The molecule has 0 radical (unpaired) electrons. The van der Waals surface area contributed by atoms with E-state index in [0.717, 1.165) is 34.1 Å². The van der Waals surface area contributed by atoms with Gasteiger partial charge in [0, 0.05) is 24.2 Å². The van der Waals surface area contributed by atoms with Crippen LogP contribution >= 0.6 is 11.8 Å². The van der Waals surface area contributed by atoms with Gasteiger partial charge in [0.2, 0.25) is 0 Å². The Morgan fingerprint density at radius 2 is 1.86 bits per heavy atom. The van der Waals surface area contributed by atoms with Crippen molar-refractivity contribution in [1.82, 2.24) is 4.90 Å². The zero-order valence-corrected chi connectivity index (χ0v) is 16.8. The summed E-state index contributed by atoms with van der Waals surface area (Å²) >= 11 is 1.50. The minimum absolute atomic E-state index is 0.430. The molecule has 1 heterocycles. The van der Waals surface area contributed by atoms with Crippen LogP contribution < -0.4 is 5.32 Å². The summed E-state index contributed by atoms with van der Waals surface area (Å²) in [4.78, 5) is 15.2. The first-order valence-electron chi connectivity index (χ1n) is 9.01. The molecule has 7 heteroatoms. The molecule has 3 rings (SSSR count). The molecule has 4 nitrogen and oxygen atoms in total. The van der Waals surface area contributed by atoms with Gasteiger partial charge in [-0.15, -0.1) is 0 Å². The van der Waals surface area contributed by atoms with Crippen molar-refractivity contribution in [1.29, 1.82) is 5.26 Å². The molecule has 0 atom stereocenters. The molecule has 0 aromatic heterocycles. The number of nitriles is 1. The van der Waals surface area contributed by atoms with Gasteiger partial charge in [-0.3, -0.25) is 4.79 Å². The van der Waals surface area contributed by atoms with Crippen LogP contribution in [0.1, 0.15) is 23.7 Å². The van der Waals surface area contributed by atoms with Gasteiger partial charge in [0.05, 0.1) is 16.7 Å². The largest absolute Gasteiger partial charge is 0.365 e. The Balaban J connectivity index is 1.73. The number of thioether (sulfide) groups is 1. The first-order chi connectivity index (χ1) is 13.9. The second-order valence-corrected chi connectivity index (χ2v) is 7.59. The summed E-state index contributed by atoms with van der Waals surface area (Å²) in [5.41, 5.74) is 1.63. The van der Waals surface area contributed by atoms with Crippen LogP contribution in [0, 0.1) is 23.0 Å². The fraction of sp³-hybridized carbons (Fsp3) is 0.182. The van der Waals surface area contributed by atoms with Gasteiger partial charge in [-0.05, 0) is 54.5 Å². The Kier molecular flexibility index (Phi) is 6.35. The molecule has 1 aliphatic heterocycles. The number of carbonyl (C=O) groups is 1. The van der Waals surface area contributed by atoms with E-state index in [2.05, 4.69) is 16.3 Å². The lowest BCUT2D eigenvalue weighted by Gasteiger charge is -2.27. The van der Waals surface area contributed by atoms with Gasteiger partial charge in [0.15, 0.2) is 0 Å². The molecule has 0 saturated heterocycles. The highest BCUT2D eigenvalue weighted by molar-refractivity contribution is 8.03. The quantitative estimate of drug-likeness (QED) is 0.723. The number of hydrogen-bond acceptors (Lipinski definition) is 4. The average molecular weight is 411 g/mol. The van der Waals surface area contributed by atoms with Crippen molar-refractivity contribution in [3.05, 3.63) is 81.9 Å². The summed E-state index contributed by atoms with van der Waals surface area (Å²) in [6.07, 6.45) is 2.71. The molecule has 29 heavy (non-hydrogen) atoms. The van der Waals surface area contributed by atoms with Crippen LogP contribution in [0.5, 0.6) is 0 Å². The molecule has 148 valence electrons. The average Bonchev–Trinajstić information content (AvgIpc) is 2.70. The van der Waals surface area contributed by atoms with Gasteiger partial charge in [-0.25, -0.2) is 8.78 Å². The molecule has 0 aliphatic carbocycles. The second kappa shape index (κ2) is 8.93. The van der Waals surface area contributed by atoms with Gasteiger partial charge in [-0.2, -0.15) is 5.26 Å². The molecule has 0 unspecified atom stereocenters. The predicted octanol–water partition coefficient (Wildman–Crippen LogP) is 5.33. The van der Waals surface area contributed by atoms with Crippen LogP contribution in [0.4, 0.5) is 14.5 Å². The van der Waals surface area contributed by atoms with E-state index < -0.39 is 23.1 Å². The maximum absolute atomic E-state index is 13.7. The smallest absolute Gasteiger partial charge is 0.261 e. The molecule has 2 aromatic rings. The standard InChI is InChI=1S/C22H19F2N3OS/c1-3-14-13-27(2)20(11-15(14)12-25)29-17-9-7-16(8-10-17)26-22(28)21-18(23)5-4-6-19(21)24/h4-11H,3,13H2,1-2H3,(H,26,28). The molecular formula is C22H19F2N3OS. The maximum Gasteiger partial charge on any atom is 0.261 e. The lowest BCUT2D eigenvalue weighted by molar-refractivity contribution is 0.101. The monoisotopic (exact) mass is 411 g/mol. The third-order valence-electron chi connectivity index (χ3n) is 4.52. The summed E-state index contributed by atoms with van der Waals surface area (Å²) in [5, 5.41) is 12.8. The third-order valence-corrected chi connectivity index (χ3v) is 5.67. The van der Waals surface area contributed by atoms with Crippen LogP contribution in [0.3, 0.4) is 0 Å². The number of halogens is 2. The zero-order valence-electron chi connectivity index (χ0n) is 16.0. The van der Waals surface area contributed by atoms with Gasteiger partial charge in [-0.1, -0.05) is 24.8 Å². The highest BCUT2D eigenvalue weighted by Crippen LogP contribution is 2.34. The summed E-state index contributed by atoms with van der Waals surface area (Å²) in [6, 6.07) is 12.5. The minimum atomic E-state index is -0.908. The van der Waals surface area contributed by atoms with Crippen LogP contribution in [-0.4, -0.2) is 24.4 Å². The fourth-order valence-electron chi connectivity index (χ4n) is 2.94. The Bertz CT molecular complexity index is 1020.